The molecule has 0 amide bonds. The van der Waals surface area contributed by atoms with Crippen LogP contribution in [0.2, 0.25) is 0 Å². The first-order chi connectivity index (χ1) is 25.2. The van der Waals surface area contributed by atoms with E-state index in [1.165, 1.54) is 27.1 Å². The first-order valence-corrected chi connectivity index (χ1v) is 17.0. The smallest absolute Gasteiger partial charge is 0.227 e. The Morgan fingerprint density at radius 3 is 1.37 bits per heavy atom. The van der Waals surface area contributed by atoms with Crippen molar-refractivity contribution in [2.24, 2.45) is 0 Å². The van der Waals surface area contributed by atoms with Gasteiger partial charge in [0.05, 0.1) is 0 Å². The summed E-state index contributed by atoms with van der Waals surface area (Å²) in [5, 5.41) is 5.03. The number of rotatable bonds is 6. The van der Waals surface area contributed by atoms with Crippen molar-refractivity contribution < 1.29 is 8.83 Å². The van der Waals surface area contributed by atoms with Crippen molar-refractivity contribution in [1.82, 2.24) is 9.97 Å². The van der Waals surface area contributed by atoms with Crippen LogP contribution in [0.3, 0.4) is 0 Å². The topological polar surface area (TPSA) is 55.3 Å². The average Bonchev–Trinajstić information content (AvgIpc) is 3.84. The molecule has 2 heterocycles. The normalized spacial score (nSPS) is 11.5. The third-order valence-electron chi connectivity index (χ3n) is 9.54. The second-order valence-corrected chi connectivity index (χ2v) is 12.7. The van der Waals surface area contributed by atoms with E-state index < -0.39 is 0 Å². The standard InChI is InChI=1S/C46H29N3O2/c1-2-8-39-31(7-1)13-14-35-29-34(21-28-40(35)39)30-15-22-36(23-16-30)49(37-24-17-32(18-25-37)45-47-41-9-3-5-11-43(41)50-45)38-26-19-33(20-27-38)46-48-42-10-4-6-12-44(42)51-46/h1-29H. The molecule has 10 rings (SSSR count). The van der Waals surface area contributed by atoms with Crippen LogP contribution in [0.15, 0.2) is 185 Å². The molecule has 0 saturated carbocycles. The molecule has 0 aliphatic rings. The van der Waals surface area contributed by atoms with E-state index in [0.29, 0.717) is 11.8 Å². The van der Waals surface area contributed by atoms with Crippen LogP contribution >= 0.6 is 0 Å². The Bertz CT molecular complexity index is 2670. The molecule has 240 valence electrons. The number of hydrogen-bond donors (Lipinski definition) is 0. The van der Waals surface area contributed by atoms with Crippen LogP contribution in [-0.2, 0) is 0 Å². The fraction of sp³-hybridized carbons (Fsp3) is 0. The highest BCUT2D eigenvalue weighted by Gasteiger charge is 2.16. The minimum absolute atomic E-state index is 0.602. The molecule has 0 aliphatic heterocycles. The van der Waals surface area contributed by atoms with E-state index in [1.54, 1.807) is 0 Å². The molecule has 10 aromatic rings. The van der Waals surface area contributed by atoms with Gasteiger partial charge in [0.15, 0.2) is 11.2 Å². The van der Waals surface area contributed by atoms with Gasteiger partial charge in [-0.25, -0.2) is 9.97 Å². The Balaban J connectivity index is 1.02. The Morgan fingerprint density at radius 1 is 0.353 bits per heavy atom. The zero-order valence-corrected chi connectivity index (χ0v) is 27.4. The van der Waals surface area contributed by atoms with Gasteiger partial charge in [-0.05, 0) is 124 Å². The molecular weight excluding hydrogens is 627 g/mol. The number of hydrogen-bond acceptors (Lipinski definition) is 5. The molecule has 0 N–H and O–H groups in total. The van der Waals surface area contributed by atoms with Crippen LogP contribution in [0, 0.1) is 0 Å². The minimum Gasteiger partial charge on any atom is -0.436 e. The second-order valence-electron chi connectivity index (χ2n) is 12.7. The summed E-state index contributed by atoms with van der Waals surface area (Å²) in [6.07, 6.45) is 0. The predicted octanol–water partition coefficient (Wildman–Crippen LogP) is 12.7. The van der Waals surface area contributed by atoms with E-state index in [-0.39, 0.29) is 0 Å². The lowest BCUT2D eigenvalue weighted by Crippen LogP contribution is -2.09. The summed E-state index contributed by atoms with van der Waals surface area (Å²) >= 11 is 0. The van der Waals surface area contributed by atoms with E-state index in [2.05, 4.69) is 132 Å². The van der Waals surface area contributed by atoms with Gasteiger partial charge >= 0.3 is 0 Å². The summed E-state index contributed by atoms with van der Waals surface area (Å²) in [5.41, 5.74) is 10.5. The van der Waals surface area contributed by atoms with Crippen molar-refractivity contribution in [1.29, 1.82) is 0 Å². The van der Waals surface area contributed by atoms with Crippen LogP contribution in [0.5, 0.6) is 0 Å². The molecular formula is C46H29N3O2. The fourth-order valence-electron chi connectivity index (χ4n) is 6.94. The number of benzene rings is 8. The van der Waals surface area contributed by atoms with E-state index in [9.17, 15) is 0 Å². The molecule has 0 radical (unpaired) electrons. The van der Waals surface area contributed by atoms with Crippen molar-refractivity contribution >= 4 is 60.8 Å². The van der Waals surface area contributed by atoms with E-state index in [0.717, 1.165) is 56.0 Å². The summed E-state index contributed by atoms with van der Waals surface area (Å²) in [6.45, 7) is 0. The van der Waals surface area contributed by atoms with Crippen LogP contribution in [0.4, 0.5) is 17.1 Å². The third-order valence-corrected chi connectivity index (χ3v) is 9.54. The molecule has 51 heavy (non-hydrogen) atoms. The highest BCUT2D eigenvalue weighted by Crippen LogP contribution is 2.38. The van der Waals surface area contributed by atoms with Gasteiger partial charge in [-0.15, -0.1) is 0 Å². The fourth-order valence-corrected chi connectivity index (χ4v) is 6.94. The summed E-state index contributed by atoms with van der Waals surface area (Å²) in [6, 6.07) is 60.8. The van der Waals surface area contributed by atoms with Gasteiger partial charge in [-0.1, -0.05) is 84.9 Å². The Morgan fingerprint density at radius 2 is 0.804 bits per heavy atom. The van der Waals surface area contributed by atoms with Gasteiger partial charge in [-0.3, -0.25) is 0 Å². The van der Waals surface area contributed by atoms with Gasteiger partial charge < -0.3 is 13.7 Å². The maximum atomic E-state index is 6.06. The monoisotopic (exact) mass is 655 g/mol. The quantitative estimate of drug-likeness (QED) is 0.167. The molecule has 5 heteroatoms. The zero-order valence-electron chi connectivity index (χ0n) is 27.4. The lowest BCUT2D eigenvalue weighted by Gasteiger charge is -2.26. The van der Waals surface area contributed by atoms with Gasteiger partial charge in [0.2, 0.25) is 11.8 Å². The molecule has 0 spiro atoms. The van der Waals surface area contributed by atoms with Crippen LogP contribution in [-0.4, -0.2) is 9.97 Å². The van der Waals surface area contributed by atoms with Crippen LogP contribution in [0.1, 0.15) is 0 Å². The number of fused-ring (bicyclic) bond motifs is 5. The Hall–Kier alpha value is -6.98. The van der Waals surface area contributed by atoms with E-state index in [4.69, 9.17) is 18.8 Å². The summed E-state index contributed by atoms with van der Waals surface area (Å²) in [4.78, 5) is 11.7. The highest BCUT2D eigenvalue weighted by atomic mass is 16.4. The second kappa shape index (κ2) is 11.9. The molecule has 2 aromatic heterocycles. The van der Waals surface area contributed by atoms with Crippen molar-refractivity contribution in [3.63, 3.8) is 0 Å². The molecule has 8 aromatic carbocycles. The van der Waals surface area contributed by atoms with Crippen molar-refractivity contribution in [3.05, 3.63) is 176 Å². The molecule has 0 saturated heterocycles. The largest absolute Gasteiger partial charge is 0.436 e. The van der Waals surface area contributed by atoms with Crippen molar-refractivity contribution in [3.8, 4) is 34.0 Å². The van der Waals surface area contributed by atoms with Gasteiger partial charge in [0.25, 0.3) is 0 Å². The summed E-state index contributed by atoms with van der Waals surface area (Å²) in [7, 11) is 0. The molecule has 0 unspecified atom stereocenters. The number of anilines is 3. The lowest BCUT2D eigenvalue weighted by atomic mass is 9.97. The van der Waals surface area contributed by atoms with Gasteiger partial charge in [0.1, 0.15) is 11.0 Å². The predicted molar refractivity (Wildman–Crippen MR) is 208 cm³/mol. The van der Waals surface area contributed by atoms with E-state index in [1.807, 2.05) is 48.5 Å². The summed E-state index contributed by atoms with van der Waals surface area (Å²) in [5.74, 6) is 1.20. The molecule has 0 aliphatic carbocycles. The zero-order chi connectivity index (χ0) is 33.7. The summed E-state index contributed by atoms with van der Waals surface area (Å²) < 4.78 is 12.1. The van der Waals surface area contributed by atoms with Crippen LogP contribution in [0.25, 0.3) is 77.8 Å². The number of nitrogens with zero attached hydrogens (tertiary/aromatic N) is 3. The Kier molecular flexibility index (Phi) is 6.74. The number of oxazole rings is 2. The molecule has 0 fully saturated rings. The number of aromatic nitrogens is 2. The van der Waals surface area contributed by atoms with Gasteiger partial charge in [0, 0.05) is 28.2 Å². The molecule has 5 nitrogen and oxygen atoms in total. The minimum atomic E-state index is 0.602. The van der Waals surface area contributed by atoms with Gasteiger partial charge in [-0.2, -0.15) is 0 Å². The SMILES string of the molecule is c1ccc2c(c1)ccc1cc(-c3ccc(N(c4ccc(-c5nc6ccccc6o5)cc4)c4ccc(-c5nc6ccccc6o5)cc4)cc3)ccc12. The lowest BCUT2D eigenvalue weighted by molar-refractivity contribution is 0.619. The highest BCUT2D eigenvalue weighted by molar-refractivity contribution is 6.08. The maximum Gasteiger partial charge on any atom is 0.227 e. The first-order valence-electron chi connectivity index (χ1n) is 17.0. The van der Waals surface area contributed by atoms with Crippen molar-refractivity contribution in [2.45, 2.75) is 0 Å². The maximum absolute atomic E-state index is 6.06. The van der Waals surface area contributed by atoms with E-state index >= 15 is 0 Å². The number of para-hydroxylation sites is 4. The molecule has 0 bridgehead atoms. The molecule has 0 atom stereocenters. The average molecular weight is 656 g/mol. The first kappa shape index (κ1) is 29.0. The Labute approximate surface area is 293 Å². The van der Waals surface area contributed by atoms with Crippen LogP contribution < -0.4 is 4.90 Å². The third kappa shape index (κ3) is 5.20. The van der Waals surface area contributed by atoms with Crippen molar-refractivity contribution in [2.75, 3.05) is 4.90 Å².